The summed E-state index contributed by atoms with van der Waals surface area (Å²) in [7, 11) is -3.55. The lowest BCUT2D eigenvalue weighted by Crippen LogP contribution is -2.15. The van der Waals surface area contributed by atoms with Crippen molar-refractivity contribution in [2.45, 2.75) is 18.7 Å². The number of anilines is 1. The van der Waals surface area contributed by atoms with E-state index in [9.17, 15) is 18.5 Å². The van der Waals surface area contributed by atoms with Crippen LogP contribution in [-0.2, 0) is 28.7 Å². The fourth-order valence-electron chi connectivity index (χ4n) is 3.24. The lowest BCUT2D eigenvalue weighted by atomic mass is 10.1. The van der Waals surface area contributed by atoms with E-state index < -0.39 is 14.9 Å². The Hall–Kier alpha value is -3.79. The molecule has 1 aromatic carbocycles. The Labute approximate surface area is 178 Å². The summed E-state index contributed by atoms with van der Waals surface area (Å²) in [5, 5.41) is 10.8. The largest absolute Gasteiger partial charge is 0.298 e. The number of fused-ring (bicyclic) bond motifs is 1. The Morgan fingerprint density at radius 2 is 1.77 bits per heavy atom. The highest BCUT2D eigenvalue weighted by Crippen LogP contribution is 2.16. The maximum absolute atomic E-state index is 12.4. The number of nitro groups is 1. The number of sulfonamides is 1. The second kappa shape index (κ2) is 8.52. The monoisotopic (exact) mass is 437 g/mol. The van der Waals surface area contributed by atoms with Gasteiger partial charge in [-0.2, -0.15) is 0 Å². The highest BCUT2D eigenvalue weighted by Gasteiger charge is 2.13. The van der Waals surface area contributed by atoms with Crippen LogP contribution in [0.4, 0.5) is 5.69 Å². The molecule has 0 aliphatic rings. The molecule has 0 saturated heterocycles. The first kappa shape index (κ1) is 20.5. The van der Waals surface area contributed by atoms with Gasteiger partial charge in [-0.3, -0.25) is 24.2 Å². The SMILES string of the molecule is O=[N+]([O-])Cc1cnc2ccc(Cc3ccc(NS(=O)(=O)Cc4ccccc4)cn3)cn12. The first-order valence-corrected chi connectivity index (χ1v) is 11.1. The van der Waals surface area contributed by atoms with Gasteiger partial charge in [0, 0.05) is 23.2 Å². The summed E-state index contributed by atoms with van der Waals surface area (Å²) in [6.07, 6.45) is 5.27. The smallest absolute Gasteiger partial charge is 0.245 e. The molecule has 0 atom stereocenters. The number of hydrogen-bond donors (Lipinski definition) is 1. The summed E-state index contributed by atoms with van der Waals surface area (Å²) >= 11 is 0. The molecule has 0 spiro atoms. The van der Waals surface area contributed by atoms with Crippen LogP contribution in [-0.4, -0.2) is 27.7 Å². The fraction of sp³-hybridized carbons (Fsp3) is 0.143. The van der Waals surface area contributed by atoms with Gasteiger partial charge >= 0.3 is 0 Å². The van der Waals surface area contributed by atoms with Crippen molar-refractivity contribution in [1.82, 2.24) is 14.4 Å². The molecule has 0 unspecified atom stereocenters. The van der Waals surface area contributed by atoms with Crippen molar-refractivity contribution >= 4 is 21.4 Å². The number of nitrogens with zero attached hydrogens (tertiary/aromatic N) is 4. The van der Waals surface area contributed by atoms with Gasteiger partial charge in [0.2, 0.25) is 16.6 Å². The molecular formula is C21H19N5O4S. The molecule has 4 aromatic rings. The van der Waals surface area contributed by atoms with Crippen molar-refractivity contribution in [2.24, 2.45) is 0 Å². The predicted octanol–water partition coefficient (Wildman–Crippen LogP) is 3.04. The molecular weight excluding hydrogens is 418 g/mol. The van der Waals surface area contributed by atoms with Gasteiger partial charge in [-0.05, 0) is 29.3 Å². The maximum Gasteiger partial charge on any atom is 0.245 e. The van der Waals surface area contributed by atoms with E-state index in [0.29, 0.717) is 29.0 Å². The number of hydrogen-bond acceptors (Lipinski definition) is 6. The predicted molar refractivity (Wildman–Crippen MR) is 116 cm³/mol. The molecule has 0 radical (unpaired) electrons. The highest BCUT2D eigenvalue weighted by atomic mass is 32.2. The van der Waals surface area contributed by atoms with Crippen LogP contribution >= 0.6 is 0 Å². The fourth-order valence-corrected chi connectivity index (χ4v) is 4.42. The molecule has 0 amide bonds. The van der Waals surface area contributed by atoms with Crippen LogP contribution in [0.15, 0.2) is 73.2 Å². The van der Waals surface area contributed by atoms with Crippen LogP contribution < -0.4 is 4.72 Å². The third-order valence-electron chi connectivity index (χ3n) is 4.62. The van der Waals surface area contributed by atoms with Crippen molar-refractivity contribution in [3.63, 3.8) is 0 Å². The van der Waals surface area contributed by atoms with Crippen molar-refractivity contribution < 1.29 is 13.3 Å². The van der Waals surface area contributed by atoms with Gasteiger partial charge in [-0.25, -0.2) is 13.4 Å². The molecule has 0 aliphatic heterocycles. The highest BCUT2D eigenvalue weighted by molar-refractivity contribution is 7.91. The molecule has 3 aromatic heterocycles. The summed E-state index contributed by atoms with van der Waals surface area (Å²) in [5.41, 5.74) is 3.86. The molecule has 0 bridgehead atoms. The Bertz CT molecular complexity index is 1320. The minimum absolute atomic E-state index is 0.118. The van der Waals surface area contributed by atoms with Crippen molar-refractivity contribution in [3.05, 3.63) is 106 Å². The first-order valence-electron chi connectivity index (χ1n) is 9.44. The van der Waals surface area contributed by atoms with E-state index in [4.69, 9.17) is 0 Å². The van der Waals surface area contributed by atoms with E-state index in [1.54, 1.807) is 53.1 Å². The average Bonchev–Trinajstić information content (AvgIpc) is 3.11. The Morgan fingerprint density at radius 3 is 2.48 bits per heavy atom. The molecule has 158 valence electrons. The lowest BCUT2D eigenvalue weighted by molar-refractivity contribution is -0.497. The normalized spacial score (nSPS) is 11.5. The van der Waals surface area contributed by atoms with Gasteiger partial charge < -0.3 is 0 Å². The molecule has 1 N–H and O–H groups in total. The minimum Gasteiger partial charge on any atom is -0.298 e. The van der Waals surface area contributed by atoms with Gasteiger partial charge in [-0.1, -0.05) is 36.4 Å². The van der Waals surface area contributed by atoms with E-state index in [0.717, 1.165) is 11.3 Å². The summed E-state index contributed by atoms with van der Waals surface area (Å²) in [4.78, 5) is 18.9. The zero-order chi connectivity index (χ0) is 21.8. The zero-order valence-electron chi connectivity index (χ0n) is 16.4. The van der Waals surface area contributed by atoms with Gasteiger partial charge in [0.05, 0.1) is 23.8 Å². The summed E-state index contributed by atoms with van der Waals surface area (Å²) in [6, 6.07) is 16.0. The summed E-state index contributed by atoms with van der Waals surface area (Å²) in [5.74, 6) is -0.118. The van der Waals surface area contributed by atoms with Crippen LogP contribution in [0.25, 0.3) is 5.65 Å². The van der Waals surface area contributed by atoms with Crippen molar-refractivity contribution in [1.29, 1.82) is 0 Å². The maximum atomic E-state index is 12.4. The second-order valence-corrected chi connectivity index (χ2v) is 8.79. The minimum atomic E-state index is -3.55. The molecule has 4 rings (SSSR count). The number of imidazole rings is 1. The number of nitrogens with one attached hydrogen (secondary N) is 1. The average molecular weight is 437 g/mol. The standard InChI is InChI=1S/C21H19N5O4S/c27-26(28)14-20-12-23-21-9-6-17(13-25(20)21)10-18-7-8-19(11-22-18)24-31(29,30)15-16-4-2-1-3-5-16/h1-9,11-13,24H,10,14-15H2. The number of aromatic nitrogens is 3. The van der Waals surface area contributed by atoms with Crippen LogP contribution in [0.5, 0.6) is 0 Å². The Balaban J connectivity index is 1.45. The van der Waals surface area contributed by atoms with Gasteiger partial charge in [-0.15, -0.1) is 0 Å². The summed E-state index contributed by atoms with van der Waals surface area (Å²) < 4.78 is 29.0. The van der Waals surface area contributed by atoms with E-state index in [1.165, 1.54) is 12.4 Å². The molecule has 9 nitrogen and oxygen atoms in total. The van der Waals surface area contributed by atoms with Gasteiger partial charge in [0.1, 0.15) is 11.3 Å². The topological polar surface area (TPSA) is 119 Å². The lowest BCUT2D eigenvalue weighted by Gasteiger charge is -2.09. The van der Waals surface area contributed by atoms with E-state index in [2.05, 4.69) is 14.7 Å². The second-order valence-electron chi connectivity index (χ2n) is 7.07. The van der Waals surface area contributed by atoms with E-state index in [-0.39, 0.29) is 12.3 Å². The van der Waals surface area contributed by atoms with Crippen LogP contribution in [0.1, 0.15) is 22.5 Å². The number of benzene rings is 1. The molecule has 0 aliphatic carbocycles. The van der Waals surface area contributed by atoms with Crippen LogP contribution in [0.2, 0.25) is 0 Å². The van der Waals surface area contributed by atoms with Crippen molar-refractivity contribution in [3.8, 4) is 0 Å². The third kappa shape index (κ3) is 5.23. The van der Waals surface area contributed by atoms with E-state index in [1.807, 2.05) is 12.1 Å². The molecule has 31 heavy (non-hydrogen) atoms. The van der Waals surface area contributed by atoms with E-state index >= 15 is 0 Å². The molecule has 0 fully saturated rings. The van der Waals surface area contributed by atoms with Crippen LogP contribution in [0.3, 0.4) is 0 Å². The number of rotatable bonds is 8. The van der Waals surface area contributed by atoms with Gasteiger partial charge in [0.25, 0.3) is 0 Å². The van der Waals surface area contributed by atoms with Gasteiger partial charge in [0.15, 0.2) is 0 Å². The molecule has 0 saturated carbocycles. The Morgan fingerprint density at radius 1 is 0.968 bits per heavy atom. The van der Waals surface area contributed by atoms with Crippen LogP contribution in [0, 0.1) is 10.1 Å². The van der Waals surface area contributed by atoms with Crippen molar-refractivity contribution in [2.75, 3.05) is 4.72 Å². The third-order valence-corrected chi connectivity index (χ3v) is 5.88. The quantitative estimate of drug-likeness (QED) is 0.334. The zero-order valence-corrected chi connectivity index (χ0v) is 17.2. The first-order chi connectivity index (χ1) is 14.9. The Kier molecular flexibility index (Phi) is 5.63. The summed E-state index contributed by atoms with van der Waals surface area (Å²) in [6.45, 7) is -0.305. The molecule has 10 heteroatoms. The molecule has 3 heterocycles. The number of pyridine rings is 2.